The number of carbonyl (C=O) groups is 1. The maximum absolute atomic E-state index is 10.8. The number of ether oxygens (including phenoxy) is 1. The van der Waals surface area contributed by atoms with E-state index in [1.165, 1.54) is 18.9 Å². The highest BCUT2D eigenvalue weighted by Gasteiger charge is 1.94. The minimum Gasteiger partial charge on any atom is -0.463 e. The Morgan fingerprint density at radius 1 is 1.31 bits per heavy atom. The quantitative estimate of drug-likeness (QED) is 0.344. The molecule has 0 spiro atoms. The SMILES string of the molecule is [CH2]CCCCCCOC(=O)C=CC. The first kappa shape index (κ1) is 12.2. The molecule has 0 aromatic carbocycles. The Bertz CT molecular complexity index is 150. The van der Waals surface area contributed by atoms with Gasteiger partial charge in [-0.2, -0.15) is 0 Å². The van der Waals surface area contributed by atoms with E-state index in [-0.39, 0.29) is 5.97 Å². The third kappa shape index (κ3) is 9.12. The van der Waals surface area contributed by atoms with Crippen LogP contribution in [0.25, 0.3) is 0 Å². The van der Waals surface area contributed by atoms with Gasteiger partial charge in [-0.1, -0.05) is 38.7 Å². The Balaban J connectivity index is 3.11. The van der Waals surface area contributed by atoms with Crippen molar-refractivity contribution in [1.82, 2.24) is 0 Å². The molecule has 0 fully saturated rings. The van der Waals surface area contributed by atoms with Crippen molar-refractivity contribution in [2.75, 3.05) is 6.61 Å². The molecule has 0 aliphatic carbocycles. The molecule has 0 rings (SSSR count). The predicted molar refractivity (Wildman–Crippen MR) is 54.2 cm³/mol. The van der Waals surface area contributed by atoms with E-state index < -0.39 is 0 Å². The Labute approximate surface area is 81.0 Å². The van der Waals surface area contributed by atoms with Crippen molar-refractivity contribution in [1.29, 1.82) is 0 Å². The van der Waals surface area contributed by atoms with Crippen molar-refractivity contribution < 1.29 is 9.53 Å². The van der Waals surface area contributed by atoms with Crippen molar-refractivity contribution in [3.05, 3.63) is 19.1 Å². The molecule has 0 heterocycles. The molecular formula is C11H19O2. The minimum atomic E-state index is -0.236. The summed E-state index contributed by atoms with van der Waals surface area (Å²) in [5, 5.41) is 0. The van der Waals surface area contributed by atoms with Gasteiger partial charge in [0.05, 0.1) is 6.61 Å². The van der Waals surface area contributed by atoms with Crippen molar-refractivity contribution >= 4 is 5.97 Å². The molecule has 0 aromatic heterocycles. The molecule has 0 saturated carbocycles. The van der Waals surface area contributed by atoms with Gasteiger partial charge in [0.25, 0.3) is 0 Å². The fourth-order valence-electron chi connectivity index (χ4n) is 0.989. The summed E-state index contributed by atoms with van der Waals surface area (Å²) in [7, 11) is 0. The first-order valence-corrected chi connectivity index (χ1v) is 4.90. The van der Waals surface area contributed by atoms with Crippen LogP contribution in [0.1, 0.15) is 39.0 Å². The number of rotatable bonds is 7. The molecule has 0 saturated heterocycles. The second-order valence-electron chi connectivity index (χ2n) is 2.94. The molecular weight excluding hydrogens is 164 g/mol. The second kappa shape index (κ2) is 9.30. The zero-order valence-electron chi connectivity index (χ0n) is 8.42. The lowest BCUT2D eigenvalue weighted by Crippen LogP contribution is -2.01. The molecule has 0 N–H and O–H groups in total. The topological polar surface area (TPSA) is 26.3 Å². The van der Waals surface area contributed by atoms with E-state index in [1.807, 2.05) is 0 Å². The molecule has 0 aromatic rings. The molecule has 2 nitrogen and oxygen atoms in total. The van der Waals surface area contributed by atoms with E-state index in [9.17, 15) is 4.79 Å². The third-order valence-electron chi connectivity index (χ3n) is 1.69. The zero-order chi connectivity index (χ0) is 9.94. The number of unbranched alkanes of at least 4 members (excludes halogenated alkanes) is 4. The van der Waals surface area contributed by atoms with Gasteiger partial charge in [0.15, 0.2) is 0 Å². The van der Waals surface area contributed by atoms with Gasteiger partial charge in [-0.3, -0.25) is 0 Å². The van der Waals surface area contributed by atoms with Crippen LogP contribution in [0.5, 0.6) is 0 Å². The highest BCUT2D eigenvalue weighted by atomic mass is 16.5. The van der Waals surface area contributed by atoms with E-state index in [1.54, 1.807) is 13.0 Å². The molecule has 2 heteroatoms. The zero-order valence-corrected chi connectivity index (χ0v) is 8.42. The lowest BCUT2D eigenvalue weighted by molar-refractivity contribution is -0.137. The van der Waals surface area contributed by atoms with Crippen LogP contribution in [0.4, 0.5) is 0 Å². The number of esters is 1. The lowest BCUT2D eigenvalue weighted by atomic mass is 10.2. The molecule has 0 bridgehead atoms. The van der Waals surface area contributed by atoms with Crippen LogP contribution in [0.2, 0.25) is 0 Å². The fraction of sp³-hybridized carbons (Fsp3) is 0.636. The van der Waals surface area contributed by atoms with E-state index in [2.05, 4.69) is 6.92 Å². The van der Waals surface area contributed by atoms with Crippen molar-refractivity contribution in [2.45, 2.75) is 39.0 Å². The first-order valence-electron chi connectivity index (χ1n) is 4.90. The minimum absolute atomic E-state index is 0.236. The van der Waals surface area contributed by atoms with Gasteiger partial charge in [-0.05, 0) is 13.3 Å². The molecule has 0 aliphatic rings. The van der Waals surface area contributed by atoms with Crippen molar-refractivity contribution in [3.63, 3.8) is 0 Å². The van der Waals surface area contributed by atoms with Crippen LogP contribution >= 0.6 is 0 Å². The molecule has 0 unspecified atom stereocenters. The average Bonchev–Trinajstić information content (AvgIpc) is 2.11. The monoisotopic (exact) mass is 183 g/mol. The highest BCUT2D eigenvalue weighted by molar-refractivity contribution is 5.81. The molecule has 13 heavy (non-hydrogen) atoms. The normalized spacial score (nSPS) is 10.6. The maximum Gasteiger partial charge on any atom is 0.330 e. The van der Waals surface area contributed by atoms with Crippen LogP contribution in [-0.4, -0.2) is 12.6 Å². The van der Waals surface area contributed by atoms with Crippen LogP contribution in [0.15, 0.2) is 12.2 Å². The van der Waals surface area contributed by atoms with Crippen LogP contribution in [0.3, 0.4) is 0 Å². The molecule has 1 radical (unpaired) electrons. The second-order valence-corrected chi connectivity index (χ2v) is 2.94. The number of hydrogen-bond acceptors (Lipinski definition) is 2. The van der Waals surface area contributed by atoms with Gasteiger partial charge in [0.2, 0.25) is 0 Å². The van der Waals surface area contributed by atoms with Crippen LogP contribution in [0, 0.1) is 6.92 Å². The van der Waals surface area contributed by atoms with E-state index in [0.717, 1.165) is 19.3 Å². The van der Waals surface area contributed by atoms with Gasteiger partial charge in [0.1, 0.15) is 0 Å². The van der Waals surface area contributed by atoms with Crippen LogP contribution < -0.4 is 0 Å². The van der Waals surface area contributed by atoms with E-state index in [0.29, 0.717) is 6.61 Å². The Morgan fingerprint density at radius 3 is 2.62 bits per heavy atom. The summed E-state index contributed by atoms with van der Waals surface area (Å²) in [5.41, 5.74) is 0. The average molecular weight is 183 g/mol. The Kier molecular flexibility index (Phi) is 8.73. The first-order chi connectivity index (χ1) is 6.31. The largest absolute Gasteiger partial charge is 0.463 e. The molecule has 0 aliphatic heterocycles. The molecule has 75 valence electrons. The van der Waals surface area contributed by atoms with Crippen LogP contribution in [-0.2, 0) is 9.53 Å². The van der Waals surface area contributed by atoms with Crippen molar-refractivity contribution in [2.24, 2.45) is 0 Å². The van der Waals surface area contributed by atoms with E-state index >= 15 is 0 Å². The van der Waals surface area contributed by atoms with Crippen molar-refractivity contribution in [3.8, 4) is 0 Å². The maximum atomic E-state index is 10.8. The predicted octanol–water partition coefficient (Wildman–Crippen LogP) is 2.89. The fourth-order valence-corrected chi connectivity index (χ4v) is 0.989. The molecule has 0 atom stereocenters. The smallest absolute Gasteiger partial charge is 0.330 e. The van der Waals surface area contributed by atoms with Gasteiger partial charge in [-0.25, -0.2) is 4.79 Å². The van der Waals surface area contributed by atoms with Gasteiger partial charge in [-0.15, -0.1) is 0 Å². The standard InChI is InChI=1S/C11H19O2/c1-3-5-6-7-8-10-13-11(12)9-4-2/h4,9H,1,3,5-8,10H2,2H3. The Morgan fingerprint density at radius 2 is 2.00 bits per heavy atom. The summed E-state index contributed by atoms with van der Waals surface area (Å²) in [6.07, 6.45) is 8.56. The lowest BCUT2D eigenvalue weighted by Gasteiger charge is -2.01. The molecule has 0 amide bonds. The van der Waals surface area contributed by atoms with Gasteiger partial charge in [0, 0.05) is 6.08 Å². The summed E-state index contributed by atoms with van der Waals surface area (Å²) in [6, 6.07) is 0. The number of hydrogen-bond donors (Lipinski definition) is 0. The summed E-state index contributed by atoms with van der Waals surface area (Å²) >= 11 is 0. The van der Waals surface area contributed by atoms with Gasteiger partial charge < -0.3 is 4.74 Å². The number of carbonyl (C=O) groups excluding carboxylic acids is 1. The number of allylic oxidation sites excluding steroid dienone is 1. The third-order valence-corrected chi connectivity index (χ3v) is 1.69. The van der Waals surface area contributed by atoms with E-state index in [4.69, 9.17) is 4.74 Å². The van der Waals surface area contributed by atoms with Gasteiger partial charge >= 0.3 is 5.97 Å². The summed E-state index contributed by atoms with van der Waals surface area (Å²) < 4.78 is 4.92. The summed E-state index contributed by atoms with van der Waals surface area (Å²) in [4.78, 5) is 10.8. The summed E-state index contributed by atoms with van der Waals surface area (Å²) in [6.45, 7) is 6.10. The highest BCUT2D eigenvalue weighted by Crippen LogP contribution is 2.02. The summed E-state index contributed by atoms with van der Waals surface area (Å²) in [5.74, 6) is -0.236. The Hall–Kier alpha value is -0.790.